The molecule has 1 heterocycles. The third kappa shape index (κ3) is 6.79. The lowest BCUT2D eigenvalue weighted by Gasteiger charge is -2.28. The highest BCUT2D eigenvalue weighted by Crippen LogP contribution is 2.51. The van der Waals surface area contributed by atoms with Gasteiger partial charge in [0, 0.05) is 38.8 Å². The van der Waals surface area contributed by atoms with Crippen molar-refractivity contribution in [2.75, 3.05) is 4.90 Å². The lowest BCUT2D eigenvalue weighted by molar-refractivity contribution is 0.660. The third-order valence-electron chi connectivity index (χ3n) is 14.6. The van der Waals surface area contributed by atoms with Crippen LogP contribution >= 0.6 is 0 Å². The van der Waals surface area contributed by atoms with Crippen molar-refractivity contribution in [3.8, 4) is 61.3 Å². The Balaban J connectivity index is 0.896. The first kappa shape index (κ1) is 40.5. The van der Waals surface area contributed by atoms with Crippen molar-refractivity contribution in [1.82, 2.24) is 4.57 Å². The summed E-state index contributed by atoms with van der Waals surface area (Å²) < 4.78 is 2.45. The number of fused-ring (bicyclic) bond motifs is 7. The molecule has 0 radical (unpaired) electrons. The van der Waals surface area contributed by atoms with Crippen LogP contribution in [0.5, 0.6) is 0 Å². The Hall–Kier alpha value is -8.72. The van der Waals surface area contributed by atoms with Crippen molar-refractivity contribution in [3.05, 3.63) is 266 Å². The largest absolute Gasteiger partial charge is 0.310 e. The maximum atomic E-state index is 2.45. The van der Waals surface area contributed by atoms with E-state index in [9.17, 15) is 0 Å². The fraction of sp³-hybridized carbons (Fsp3) is 0.0448. The highest BCUT2D eigenvalue weighted by atomic mass is 15.1. The van der Waals surface area contributed by atoms with Crippen LogP contribution in [0.15, 0.2) is 255 Å². The minimum absolute atomic E-state index is 0.123. The van der Waals surface area contributed by atoms with Gasteiger partial charge in [0.15, 0.2) is 0 Å². The fourth-order valence-corrected chi connectivity index (χ4v) is 11.1. The summed E-state index contributed by atoms with van der Waals surface area (Å²) in [5.41, 5.74) is 21.8. The second kappa shape index (κ2) is 16.3. The van der Waals surface area contributed by atoms with E-state index in [4.69, 9.17) is 0 Å². The van der Waals surface area contributed by atoms with E-state index in [0.29, 0.717) is 0 Å². The van der Waals surface area contributed by atoms with Crippen molar-refractivity contribution in [3.63, 3.8) is 0 Å². The first-order valence-corrected chi connectivity index (χ1v) is 24.0. The number of hydrogen-bond acceptors (Lipinski definition) is 1. The molecule has 0 spiro atoms. The van der Waals surface area contributed by atoms with Crippen LogP contribution in [-0.2, 0) is 5.41 Å². The van der Waals surface area contributed by atoms with Crippen molar-refractivity contribution in [2.45, 2.75) is 19.3 Å². The van der Waals surface area contributed by atoms with E-state index in [1.54, 1.807) is 0 Å². The molecule has 0 fully saturated rings. The highest BCUT2D eigenvalue weighted by Gasteiger charge is 2.35. The normalized spacial score (nSPS) is 12.6. The third-order valence-corrected chi connectivity index (χ3v) is 14.6. The number of anilines is 3. The number of aromatic nitrogens is 1. The molecule has 1 aliphatic rings. The van der Waals surface area contributed by atoms with Gasteiger partial charge < -0.3 is 9.47 Å². The van der Waals surface area contributed by atoms with Gasteiger partial charge in [-0.3, -0.25) is 0 Å². The summed E-state index contributed by atoms with van der Waals surface area (Å²) in [5.74, 6) is 0. The lowest BCUT2D eigenvalue weighted by atomic mass is 9.82. The fourth-order valence-electron chi connectivity index (χ4n) is 11.1. The Morgan fingerprint density at radius 2 is 0.812 bits per heavy atom. The van der Waals surface area contributed by atoms with Gasteiger partial charge in [-0.25, -0.2) is 0 Å². The van der Waals surface area contributed by atoms with Gasteiger partial charge in [-0.2, -0.15) is 0 Å². The van der Waals surface area contributed by atoms with Crippen molar-refractivity contribution < 1.29 is 0 Å². The summed E-state index contributed by atoms with van der Waals surface area (Å²) in [6, 6.07) is 93.6. The smallest absolute Gasteiger partial charge is 0.0541 e. The van der Waals surface area contributed by atoms with Crippen molar-refractivity contribution >= 4 is 49.6 Å². The molecule has 0 amide bonds. The number of benzene rings is 11. The van der Waals surface area contributed by atoms with Crippen LogP contribution in [0.1, 0.15) is 25.0 Å². The summed E-state index contributed by atoms with van der Waals surface area (Å²) >= 11 is 0. The molecule has 326 valence electrons. The van der Waals surface area contributed by atoms with E-state index in [2.05, 4.69) is 278 Å². The predicted molar refractivity (Wildman–Crippen MR) is 292 cm³/mol. The van der Waals surface area contributed by atoms with Crippen LogP contribution in [-0.4, -0.2) is 4.57 Å². The minimum Gasteiger partial charge on any atom is -0.310 e. The van der Waals surface area contributed by atoms with E-state index in [-0.39, 0.29) is 5.41 Å². The summed E-state index contributed by atoms with van der Waals surface area (Å²) in [4.78, 5) is 2.42. The Bertz CT molecular complexity index is 3890. The van der Waals surface area contributed by atoms with Gasteiger partial charge in [0.2, 0.25) is 0 Å². The summed E-state index contributed by atoms with van der Waals surface area (Å²) in [5, 5.41) is 4.99. The summed E-state index contributed by atoms with van der Waals surface area (Å²) in [6.45, 7) is 4.72. The van der Waals surface area contributed by atoms with Crippen LogP contribution < -0.4 is 4.90 Å². The van der Waals surface area contributed by atoms with Crippen LogP contribution in [0.25, 0.3) is 93.9 Å². The molecule has 1 aromatic heterocycles. The highest BCUT2D eigenvalue weighted by molar-refractivity contribution is 6.11. The standard InChI is InChI=1S/C67H48N2/c1-67(2)62-24-11-8-21-58(62)59-41-40-54(44-63(59)67)68(52-36-31-49(32-37-52)56-23-14-18-48-17-6-7-19-55(48)56)53-38-33-50(34-39-53)57-20-9-12-25-64(57)69-65-26-13-10-22-60(65)61-43-51(35-42-66(61)69)47-29-27-46(28-30-47)45-15-4-3-5-16-45/h3-44H,1-2H3. The molecule has 12 aromatic rings. The van der Waals surface area contributed by atoms with E-state index < -0.39 is 0 Å². The molecule has 0 unspecified atom stereocenters. The van der Waals surface area contributed by atoms with Gasteiger partial charge in [-0.1, -0.05) is 208 Å². The maximum Gasteiger partial charge on any atom is 0.0541 e. The lowest BCUT2D eigenvalue weighted by Crippen LogP contribution is -2.16. The molecule has 0 aliphatic heterocycles. The van der Waals surface area contributed by atoms with E-state index >= 15 is 0 Å². The Morgan fingerprint density at radius 1 is 0.304 bits per heavy atom. The van der Waals surface area contributed by atoms with Gasteiger partial charge in [-0.05, 0) is 133 Å². The number of hydrogen-bond donors (Lipinski definition) is 0. The van der Waals surface area contributed by atoms with E-state index in [0.717, 1.165) is 28.3 Å². The number of rotatable bonds is 8. The van der Waals surface area contributed by atoms with E-state index in [1.165, 1.54) is 93.8 Å². The zero-order valence-corrected chi connectivity index (χ0v) is 38.6. The Morgan fingerprint density at radius 3 is 1.58 bits per heavy atom. The minimum atomic E-state index is -0.123. The molecule has 69 heavy (non-hydrogen) atoms. The molecule has 11 aromatic carbocycles. The van der Waals surface area contributed by atoms with Crippen LogP contribution in [0.3, 0.4) is 0 Å². The molecule has 1 aliphatic carbocycles. The van der Waals surface area contributed by atoms with Crippen LogP contribution in [0.2, 0.25) is 0 Å². The van der Waals surface area contributed by atoms with E-state index in [1.807, 2.05) is 0 Å². The van der Waals surface area contributed by atoms with Gasteiger partial charge in [-0.15, -0.1) is 0 Å². The molecule has 0 saturated heterocycles. The number of nitrogens with zero attached hydrogens (tertiary/aromatic N) is 2. The summed E-state index contributed by atoms with van der Waals surface area (Å²) in [6.07, 6.45) is 0. The summed E-state index contributed by atoms with van der Waals surface area (Å²) in [7, 11) is 0. The first-order chi connectivity index (χ1) is 34.0. The van der Waals surface area contributed by atoms with Crippen molar-refractivity contribution in [2.24, 2.45) is 0 Å². The molecule has 0 N–H and O–H groups in total. The van der Waals surface area contributed by atoms with Gasteiger partial charge >= 0.3 is 0 Å². The average Bonchev–Trinajstić information content (AvgIpc) is 3.86. The SMILES string of the molecule is CC1(C)c2ccccc2-c2ccc(N(c3ccc(-c4ccccc4-n4c5ccccc5c5cc(-c6ccc(-c7ccccc7)cc6)ccc54)cc3)c3ccc(-c4cccc5ccccc45)cc3)cc21. The average molecular weight is 881 g/mol. The molecular formula is C67H48N2. The maximum absolute atomic E-state index is 2.45. The van der Waals surface area contributed by atoms with Gasteiger partial charge in [0.05, 0.1) is 16.7 Å². The zero-order valence-electron chi connectivity index (χ0n) is 38.6. The molecule has 0 bridgehead atoms. The second-order valence-corrected chi connectivity index (χ2v) is 18.9. The van der Waals surface area contributed by atoms with Gasteiger partial charge in [0.25, 0.3) is 0 Å². The van der Waals surface area contributed by atoms with Crippen LogP contribution in [0, 0.1) is 0 Å². The molecular weight excluding hydrogens is 833 g/mol. The predicted octanol–water partition coefficient (Wildman–Crippen LogP) is 18.4. The zero-order chi connectivity index (χ0) is 46.1. The topological polar surface area (TPSA) is 8.17 Å². The van der Waals surface area contributed by atoms with Gasteiger partial charge in [0.1, 0.15) is 0 Å². The first-order valence-electron chi connectivity index (χ1n) is 24.0. The number of para-hydroxylation sites is 2. The second-order valence-electron chi connectivity index (χ2n) is 18.9. The molecule has 2 nitrogen and oxygen atoms in total. The van der Waals surface area contributed by atoms with Crippen LogP contribution in [0.4, 0.5) is 17.1 Å². The Kier molecular flexibility index (Phi) is 9.55. The molecule has 0 saturated carbocycles. The molecule has 0 atom stereocenters. The quantitative estimate of drug-likeness (QED) is 0.148. The van der Waals surface area contributed by atoms with Crippen molar-refractivity contribution in [1.29, 1.82) is 0 Å². The molecule has 13 rings (SSSR count). The molecule has 2 heteroatoms. The monoisotopic (exact) mass is 880 g/mol. The Labute approximate surface area is 403 Å².